The van der Waals surface area contributed by atoms with Crippen molar-refractivity contribution < 1.29 is 9.47 Å². The van der Waals surface area contributed by atoms with Crippen LogP contribution in [0.4, 0.5) is 17.1 Å². The van der Waals surface area contributed by atoms with E-state index < -0.39 is 0 Å². The molecule has 1 heterocycles. The molecule has 10 aromatic rings. The van der Waals surface area contributed by atoms with Crippen molar-refractivity contribution in [1.29, 1.82) is 0 Å². The van der Waals surface area contributed by atoms with E-state index in [9.17, 15) is 0 Å². The molecule has 0 bridgehead atoms. The molecular formula is C52H38N2O2. The molecule has 0 N–H and O–H groups in total. The lowest BCUT2D eigenvalue weighted by atomic mass is 9.85. The van der Waals surface area contributed by atoms with Gasteiger partial charge in [-0.15, -0.1) is 0 Å². The third kappa shape index (κ3) is 5.46. The Morgan fingerprint density at radius 2 is 0.875 bits per heavy atom. The summed E-state index contributed by atoms with van der Waals surface area (Å²) in [6, 6.07) is 69.3. The molecule has 0 radical (unpaired) electrons. The van der Waals surface area contributed by atoms with Crippen LogP contribution in [0.2, 0.25) is 0 Å². The molecule has 0 fully saturated rings. The van der Waals surface area contributed by atoms with Crippen LogP contribution < -0.4 is 14.4 Å². The van der Waals surface area contributed by atoms with E-state index in [4.69, 9.17) is 9.47 Å². The number of ether oxygens (including phenoxy) is 2. The Labute approximate surface area is 326 Å². The molecular weight excluding hydrogens is 685 g/mol. The van der Waals surface area contributed by atoms with E-state index in [1.54, 1.807) is 14.2 Å². The maximum absolute atomic E-state index is 5.80. The first-order valence-corrected chi connectivity index (χ1v) is 18.9. The van der Waals surface area contributed by atoms with Gasteiger partial charge in [0.25, 0.3) is 0 Å². The number of nitrogens with zero attached hydrogens (tertiary/aromatic N) is 2. The molecule has 4 nitrogen and oxygen atoms in total. The van der Waals surface area contributed by atoms with Crippen molar-refractivity contribution in [3.8, 4) is 39.4 Å². The van der Waals surface area contributed by atoms with Crippen LogP contribution >= 0.6 is 0 Å². The maximum atomic E-state index is 5.80. The molecule has 10 rings (SSSR count). The zero-order valence-corrected chi connectivity index (χ0v) is 31.2. The molecule has 0 unspecified atom stereocenters. The summed E-state index contributed by atoms with van der Waals surface area (Å²) in [5.74, 6) is 1.64. The number of anilines is 3. The molecule has 1 aromatic heterocycles. The number of hydrogen-bond acceptors (Lipinski definition) is 3. The lowest BCUT2D eigenvalue weighted by Crippen LogP contribution is -2.11. The van der Waals surface area contributed by atoms with Crippen LogP contribution in [0.5, 0.6) is 11.5 Å². The third-order valence-electron chi connectivity index (χ3n) is 10.9. The van der Waals surface area contributed by atoms with Gasteiger partial charge < -0.3 is 18.9 Å². The highest BCUT2D eigenvalue weighted by Gasteiger charge is 2.24. The summed E-state index contributed by atoms with van der Waals surface area (Å²) in [5, 5.41) is 7.12. The fraction of sp³-hybridized carbons (Fsp3) is 0.0385. The first-order valence-electron chi connectivity index (χ1n) is 18.9. The highest BCUT2D eigenvalue weighted by atomic mass is 16.5. The van der Waals surface area contributed by atoms with Gasteiger partial charge in [0.2, 0.25) is 0 Å². The summed E-state index contributed by atoms with van der Waals surface area (Å²) in [6.07, 6.45) is 0. The SMILES string of the molecule is COc1cccc(-c2c3ccccc3c(-c3cccc(OC)c3)c3c(N(c4ccccc4)c4ccc(-n5c6ccccc6c6ccccc65)cc4)cccc23)c1. The van der Waals surface area contributed by atoms with Gasteiger partial charge in [0.05, 0.1) is 30.9 Å². The highest BCUT2D eigenvalue weighted by Crippen LogP contribution is 2.50. The first-order chi connectivity index (χ1) is 27.7. The van der Waals surface area contributed by atoms with Crippen molar-refractivity contribution in [2.24, 2.45) is 0 Å². The Morgan fingerprint density at radius 3 is 1.48 bits per heavy atom. The quantitative estimate of drug-likeness (QED) is 0.146. The fourth-order valence-corrected chi connectivity index (χ4v) is 8.52. The third-order valence-corrected chi connectivity index (χ3v) is 10.9. The summed E-state index contributed by atoms with van der Waals surface area (Å²) >= 11 is 0. The second-order valence-electron chi connectivity index (χ2n) is 14.0. The summed E-state index contributed by atoms with van der Waals surface area (Å²) in [6.45, 7) is 0. The topological polar surface area (TPSA) is 26.6 Å². The summed E-state index contributed by atoms with van der Waals surface area (Å²) < 4.78 is 13.9. The molecule has 0 aliphatic carbocycles. The predicted octanol–water partition coefficient (Wildman–Crippen LogP) is 13.9. The molecule has 0 saturated carbocycles. The molecule has 0 aliphatic heterocycles. The van der Waals surface area contributed by atoms with E-state index in [2.05, 4.69) is 191 Å². The van der Waals surface area contributed by atoms with Crippen LogP contribution in [-0.2, 0) is 0 Å². The van der Waals surface area contributed by atoms with Crippen LogP contribution in [-0.4, -0.2) is 18.8 Å². The minimum atomic E-state index is 0.814. The first kappa shape index (κ1) is 33.3. The Kier molecular flexibility index (Phi) is 8.23. The van der Waals surface area contributed by atoms with E-state index in [0.717, 1.165) is 72.7 Å². The monoisotopic (exact) mass is 722 g/mol. The predicted molar refractivity (Wildman–Crippen MR) is 234 cm³/mol. The smallest absolute Gasteiger partial charge is 0.119 e. The summed E-state index contributed by atoms with van der Waals surface area (Å²) in [4.78, 5) is 2.39. The van der Waals surface area contributed by atoms with Gasteiger partial charge in [-0.25, -0.2) is 0 Å². The Hall–Kier alpha value is -7.30. The van der Waals surface area contributed by atoms with Crippen LogP contribution in [0.1, 0.15) is 0 Å². The zero-order valence-electron chi connectivity index (χ0n) is 31.2. The average molecular weight is 723 g/mol. The van der Waals surface area contributed by atoms with E-state index >= 15 is 0 Å². The lowest BCUT2D eigenvalue weighted by molar-refractivity contribution is 0.415. The van der Waals surface area contributed by atoms with Gasteiger partial charge in [-0.2, -0.15) is 0 Å². The van der Waals surface area contributed by atoms with Crippen molar-refractivity contribution in [3.63, 3.8) is 0 Å². The maximum Gasteiger partial charge on any atom is 0.119 e. The van der Waals surface area contributed by atoms with Crippen LogP contribution in [0.25, 0.3) is 71.3 Å². The molecule has 9 aromatic carbocycles. The van der Waals surface area contributed by atoms with E-state index in [1.807, 2.05) is 12.1 Å². The van der Waals surface area contributed by atoms with Gasteiger partial charge in [0.1, 0.15) is 11.5 Å². The molecule has 0 aliphatic rings. The Morgan fingerprint density at radius 1 is 0.393 bits per heavy atom. The van der Waals surface area contributed by atoms with Gasteiger partial charge in [-0.1, -0.05) is 115 Å². The number of methoxy groups -OCH3 is 2. The molecule has 56 heavy (non-hydrogen) atoms. The number of aromatic nitrogens is 1. The lowest BCUT2D eigenvalue weighted by Gasteiger charge is -2.29. The number of para-hydroxylation sites is 3. The van der Waals surface area contributed by atoms with E-state index in [0.29, 0.717) is 0 Å². The Bertz CT molecular complexity index is 3000. The number of hydrogen-bond donors (Lipinski definition) is 0. The van der Waals surface area contributed by atoms with Crippen LogP contribution in [0, 0.1) is 0 Å². The molecule has 268 valence electrons. The van der Waals surface area contributed by atoms with Crippen molar-refractivity contribution in [2.75, 3.05) is 19.1 Å². The number of rotatable bonds is 8. The standard InChI is InChI=1S/C52H38N2O2/c1-55-40-19-12-15-35(33-40)50-44-23-6-7-24-45(44)51(36-16-13-20-41(34-36)56-2)52-46(50)25-14-28-49(52)53(37-17-4-3-5-18-37)38-29-31-39(32-30-38)54-47-26-10-8-21-42(47)43-22-9-11-27-48(43)54/h3-34H,1-2H3. The van der Waals surface area contributed by atoms with Crippen molar-refractivity contribution in [3.05, 3.63) is 194 Å². The minimum Gasteiger partial charge on any atom is -0.497 e. The van der Waals surface area contributed by atoms with Gasteiger partial charge in [0.15, 0.2) is 0 Å². The van der Waals surface area contributed by atoms with Gasteiger partial charge in [0, 0.05) is 33.2 Å². The minimum absolute atomic E-state index is 0.814. The highest BCUT2D eigenvalue weighted by molar-refractivity contribution is 6.25. The summed E-state index contributed by atoms with van der Waals surface area (Å²) in [5.41, 5.74) is 11.2. The summed E-state index contributed by atoms with van der Waals surface area (Å²) in [7, 11) is 3.45. The zero-order chi connectivity index (χ0) is 37.6. The van der Waals surface area contributed by atoms with E-state index in [-0.39, 0.29) is 0 Å². The normalized spacial score (nSPS) is 11.4. The van der Waals surface area contributed by atoms with Crippen molar-refractivity contribution >= 4 is 60.4 Å². The number of benzene rings is 9. The number of fused-ring (bicyclic) bond motifs is 5. The molecule has 0 saturated heterocycles. The van der Waals surface area contributed by atoms with Crippen molar-refractivity contribution in [1.82, 2.24) is 4.57 Å². The van der Waals surface area contributed by atoms with Gasteiger partial charge >= 0.3 is 0 Å². The molecule has 0 spiro atoms. The molecule has 4 heteroatoms. The average Bonchev–Trinajstić information content (AvgIpc) is 3.61. The van der Waals surface area contributed by atoms with E-state index in [1.165, 1.54) is 27.2 Å². The molecule has 0 amide bonds. The molecule has 0 atom stereocenters. The van der Waals surface area contributed by atoms with Gasteiger partial charge in [-0.05, 0) is 117 Å². The second kappa shape index (κ2) is 13.8. The Balaban J connectivity index is 1.27. The largest absolute Gasteiger partial charge is 0.497 e. The second-order valence-corrected chi connectivity index (χ2v) is 14.0. The van der Waals surface area contributed by atoms with Crippen LogP contribution in [0.3, 0.4) is 0 Å². The van der Waals surface area contributed by atoms with Crippen molar-refractivity contribution in [2.45, 2.75) is 0 Å². The van der Waals surface area contributed by atoms with Crippen LogP contribution in [0.15, 0.2) is 194 Å². The fourth-order valence-electron chi connectivity index (χ4n) is 8.52. The van der Waals surface area contributed by atoms with Gasteiger partial charge in [-0.3, -0.25) is 0 Å².